The first-order valence-electron chi connectivity index (χ1n) is 5.39. The van der Waals surface area contributed by atoms with Crippen molar-refractivity contribution in [2.75, 3.05) is 6.54 Å². The lowest BCUT2D eigenvalue weighted by Crippen LogP contribution is -2.14. The van der Waals surface area contributed by atoms with E-state index in [1.807, 2.05) is 0 Å². The predicted molar refractivity (Wildman–Crippen MR) is 55.1 cm³/mol. The molecule has 1 heterocycles. The first-order valence-corrected chi connectivity index (χ1v) is 5.39. The second kappa shape index (κ2) is 3.73. The normalized spacial score (nSPS) is 18.9. The van der Waals surface area contributed by atoms with Crippen LogP contribution in [0.3, 0.4) is 0 Å². The highest BCUT2D eigenvalue weighted by Crippen LogP contribution is 2.41. The summed E-state index contributed by atoms with van der Waals surface area (Å²) < 4.78 is 5.28. The highest BCUT2D eigenvalue weighted by Gasteiger charge is 2.33. The maximum absolute atomic E-state index is 5.75. The van der Waals surface area contributed by atoms with Crippen LogP contribution in [0.2, 0.25) is 0 Å². The molecule has 78 valence electrons. The summed E-state index contributed by atoms with van der Waals surface area (Å²) >= 11 is 0. The van der Waals surface area contributed by atoms with Crippen molar-refractivity contribution in [3.63, 3.8) is 0 Å². The molecule has 0 bridgehead atoms. The van der Waals surface area contributed by atoms with E-state index in [4.69, 9.17) is 10.3 Å². The standard InChI is InChI=1S/C11H18N2O/c1-7(2)11-5-10(13-14-11)9(6-12)8-3-4-8/h5,7-9H,3-4,6,12H2,1-2H3. The van der Waals surface area contributed by atoms with Gasteiger partial charge in [0.05, 0.1) is 5.69 Å². The lowest BCUT2D eigenvalue weighted by molar-refractivity contribution is 0.359. The monoisotopic (exact) mass is 194 g/mol. The van der Waals surface area contributed by atoms with Gasteiger partial charge in [0.25, 0.3) is 0 Å². The van der Waals surface area contributed by atoms with E-state index < -0.39 is 0 Å². The van der Waals surface area contributed by atoms with E-state index in [0.29, 0.717) is 18.4 Å². The van der Waals surface area contributed by atoms with Crippen molar-refractivity contribution in [2.45, 2.75) is 38.5 Å². The zero-order valence-electron chi connectivity index (χ0n) is 8.86. The van der Waals surface area contributed by atoms with Crippen LogP contribution in [0.15, 0.2) is 10.6 Å². The smallest absolute Gasteiger partial charge is 0.139 e. The van der Waals surface area contributed by atoms with Crippen LogP contribution in [0.4, 0.5) is 0 Å². The summed E-state index contributed by atoms with van der Waals surface area (Å²) in [7, 11) is 0. The molecule has 0 radical (unpaired) electrons. The molecule has 14 heavy (non-hydrogen) atoms. The third-order valence-electron chi connectivity index (χ3n) is 2.94. The molecule has 0 saturated heterocycles. The third-order valence-corrected chi connectivity index (χ3v) is 2.94. The van der Waals surface area contributed by atoms with Gasteiger partial charge in [0, 0.05) is 24.4 Å². The summed E-state index contributed by atoms with van der Waals surface area (Å²) in [4.78, 5) is 0. The molecule has 0 aliphatic heterocycles. The summed E-state index contributed by atoms with van der Waals surface area (Å²) in [6, 6.07) is 2.07. The summed E-state index contributed by atoms with van der Waals surface area (Å²) in [5, 5.41) is 4.11. The highest BCUT2D eigenvalue weighted by molar-refractivity contribution is 5.16. The van der Waals surface area contributed by atoms with Crippen LogP contribution in [-0.4, -0.2) is 11.7 Å². The molecule has 0 amide bonds. The molecule has 1 unspecified atom stereocenters. The number of nitrogens with two attached hydrogens (primary N) is 1. The molecule has 1 aromatic rings. The van der Waals surface area contributed by atoms with Gasteiger partial charge in [-0.3, -0.25) is 0 Å². The zero-order chi connectivity index (χ0) is 10.1. The van der Waals surface area contributed by atoms with Crippen LogP contribution in [0, 0.1) is 5.92 Å². The fourth-order valence-electron chi connectivity index (χ4n) is 1.80. The number of hydrogen-bond acceptors (Lipinski definition) is 3. The van der Waals surface area contributed by atoms with E-state index in [1.165, 1.54) is 12.8 Å². The zero-order valence-corrected chi connectivity index (χ0v) is 8.86. The maximum Gasteiger partial charge on any atom is 0.139 e. The van der Waals surface area contributed by atoms with E-state index in [1.54, 1.807) is 0 Å². The molecule has 1 aromatic heterocycles. The van der Waals surface area contributed by atoms with Crippen LogP contribution in [0.25, 0.3) is 0 Å². The van der Waals surface area contributed by atoms with Crippen molar-refractivity contribution in [3.05, 3.63) is 17.5 Å². The van der Waals surface area contributed by atoms with E-state index in [9.17, 15) is 0 Å². The maximum atomic E-state index is 5.75. The van der Waals surface area contributed by atoms with E-state index in [0.717, 1.165) is 17.4 Å². The minimum absolute atomic E-state index is 0.411. The Hall–Kier alpha value is -0.830. The van der Waals surface area contributed by atoms with Crippen LogP contribution >= 0.6 is 0 Å². The summed E-state index contributed by atoms with van der Waals surface area (Å²) in [5.74, 6) is 2.56. The van der Waals surface area contributed by atoms with Crippen molar-refractivity contribution in [1.82, 2.24) is 5.16 Å². The van der Waals surface area contributed by atoms with Gasteiger partial charge in [0.2, 0.25) is 0 Å². The molecule has 3 heteroatoms. The molecule has 0 spiro atoms. The average Bonchev–Trinajstić information content (AvgIpc) is 2.84. The largest absolute Gasteiger partial charge is 0.361 e. The first-order chi connectivity index (χ1) is 6.72. The Kier molecular flexibility index (Phi) is 2.59. The molecule has 1 atom stereocenters. The van der Waals surface area contributed by atoms with Gasteiger partial charge >= 0.3 is 0 Å². The van der Waals surface area contributed by atoms with Gasteiger partial charge < -0.3 is 10.3 Å². The molecule has 1 aliphatic rings. The fourth-order valence-corrected chi connectivity index (χ4v) is 1.80. The number of hydrogen-bond donors (Lipinski definition) is 1. The Morgan fingerprint density at radius 3 is 2.71 bits per heavy atom. The van der Waals surface area contributed by atoms with Crippen LogP contribution in [0.5, 0.6) is 0 Å². The topological polar surface area (TPSA) is 52.0 Å². The molecule has 1 fully saturated rings. The lowest BCUT2D eigenvalue weighted by Gasteiger charge is -2.08. The van der Waals surface area contributed by atoms with E-state index in [2.05, 4.69) is 25.1 Å². The van der Waals surface area contributed by atoms with Crippen molar-refractivity contribution in [1.29, 1.82) is 0 Å². The van der Waals surface area contributed by atoms with Crippen molar-refractivity contribution >= 4 is 0 Å². The minimum Gasteiger partial charge on any atom is -0.361 e. The first kappa shape index (κ1) is 9.71. The molecular weight excluding hydrogens is 176 g/mol. The van der Waals surface area contributed by atoms with Gasteiger partial charge in [-0.1, -0.05) is 19.0 Å². The van der Waals surface area contributed by atoms with Crippen LogP contribution in [-0.2, 0) is 0 Å². The molecule has 2 N–H and O–H groups in total. The Labute approximate surface area is 84.7 Å². The second-order valence-corrected chi connectivity index (χ2v) is 4.49. The van der Waals surface area contributed by atoms with Crippen molar-refractivity contribution in [3.8, 4) is 0 Å². The summed E-state index contributed by atoms with van der Waals surface area (Å²) in [5.41, 5.74) is 6.80. The van der Waals surface area contributed by atoms with Gasteiger partial charge in [0.1, 0.15) is 5.76 Å². The lowest BCUT2D eigenvalue weighted by atomic mass is 9.99. The minimum atomic E-state index is 0.411. The summed E-state index contributed by atoms with van der Waals surface area (Å²) in [6.07, 6.45) is 2.59. The van der Waals surface area contributed by atoms with Crippen molar-refractivity contribution < 1.29 is 4.52 Å². The van der Waals surface area contributed by atoms with Crippen molar-refractivity contribution in [2.24, 2.45) is 11.7 Å². The van der Waals surface area contributed by atoms with Crippen LogP contribution in [0.1, 0.15) is 50.0 Å². The Balaban J connectivity index is 2.13. The predicted octanol–water partition coefficient (Wildman–Crippen LogP) is 2.25. The molecule has 0 aromatic carbocycles. The Bertz CT molecular complexity index is 302. The molecule has 2 rings (SSSR count). The fraction of sp³-hybridized carbons (Fsp3) is 0.727. The molecule has 1 saturated carbocycles. The van der Waals surface area contributed by atoms with Crippen LogP contribution < -0.4 is 5.73 Å². The quantitative estimate of drug-likeness (QED) is 0.799. The van der Waals surface area contributed by atoms with Gasteiger partial charge in [0.15, 0.2) is 0 Å². The number of rotatable bonds is 4. The molecule has 1 aliphatic carbocycles. The Morgan fingerprint density at radius 1 is 1.57 bits per heavy atom. The van der Waals surface area contributed by atoms with E-state index >= 15 is 0 Å². The molecule has 3 nitrogen and oxygen atoms in total. The summed E-state index contributed by atoms with van der Waals surface area (Å²) in [6.45, 7) is 4.91. The molecular formula is C11H18N2O. The van der Waals surface area contributed by atoms with Gasteiger partial charge in [-0.05, 0) is 18.8 Å². The SMILES string of the molecule is CC(C)c1cc(C(CN)C2CC2)no1. The number of aromatic nitrogens is 1. The number of nitrogens with zero attached hydrogens (tertiary/aromatic N) is 1. The van der Waals surface area contributed by atoms with Gasteiger partial charge in [-0.25, -0.2) is 0 Å². The average molecular weight is 194 g/mol. The second-order valence-electron chi connectivity index (χ2n) is 4.49. The van der Waals surface area contributed by atoms with E-state index in [-0.39, 0.29) is 0 Å². The Morgan fingerprint density at radius 2 is 2.29 bits per heavy atom. The highest BCUT2D eigenvalue weighted by atomic mass is 16.5. The third kappa shape index (κ3) is 1.82. The van der Waals surface area contributed by atoms with Gasteiger partial charge in [-0.2, -0.15) is 0 Å². The van der Waals surface area contributed by atoms with Gasteiger partial charge in [-0.15, -0.1) is 0 Å².